The number of primary amides is 1. The zero-order valence-electron chi connectivity index (χ0n) is 8.90. The van der Waals surface area contributed by atoms with E-state index in [0.29, 0.717) is 17.2 Å². The summed E-state index contributed by atoms with van der Waals surface area (Å²) in [6.07, 6.45) is 2.34. The maximum atomic E-state index is 11.6. The Labute approximate surface area is 93.8 Å². The van der Waals surface area contributed by atoms with E-state index in [1.807, 2.05) is 0 Å². The van der Waals surface area contributed by atoms with Gasteiger partial charge in [-0.1, -0.05) is 18.2 Å². The Bertz CT molecular complexity index is 425. The van der Waals surface area contributed by atoms with Gasteiger partial charge in [-0.3, -0.25) is 9.59 Å². The van der Waals surface area contributed by atoms with Crippen molar-refractivity contribution in [3.8, 4) is 0 Å². The molecule has 0 aliphatic heterocycles. The van der Waals surface area contributed by atoms with E-state index in [1.54, 1.807) is 24.3 Å². The number of hydrogen-bond acceptors (Lipinski definition) is 2. The third kappa shape index (κ3) is 2.59. The molecule has 1 aromatic carbocycles. The average molecular weight is 218 g/mol. The van der Waals surface area contributed by atoms with E-state index in [0.717, 1.165) is 12.8 Å². The van der Waals surface area contributed by atoms with Crippen molar-refractivity contribution in [3.63, 3.8) is 0 Å². The number of amides is 2. The van der Waals surface area contributed by atoms with Gasteiger partial charge >= 0.3 is 0 Å². The monoisotopic (exact) mass is 218 g/mol. The van der Waals surface area contributed by atoms with Gasteiger partial charge in [-0.05, 0) is 24.5 Å². The smallest absolute Gasteiger partial charge is 0.248 e. The molecule has 0 spiro atoms. The van der Waals surface area contributed by atoms with E-state index in [2.05, 4.69) is 5.32 Å². The molecule has 1 aliphatic rings. The molecule has 0 unspecified atom stereocenters. The van der Waals surface area contributed by atoms with Gasteiger partial charge < -0.3 is 11.1 Å². The number of carbonyl (C=O) groups is 2. The Hall–Kier alpha value is -1.84. The fourth-order valence-corrected chi connectivity index (χ4v) is 1.59. The van der Waals surface area contributed by atoms with E-state index >= 15 is 0 Å². The topological polar surface area (TPSA) is 72.2 Å². The zero-order chi connectivity index (χ0) is 11.5. The minimum Gasteiger partial charge on any atom is -0.366 e. The molecule has 1 fully saturated rings. The zero-order valence-corrected chi connectivity index (χ0v) is 8.90. The van der Waals surface area contributed by atoms with Crippen LogP contribution in [0, 0.1) is 0 Å². The molecular formula is C12H14N2O2. The molecule has 2 rings (SSSR count). The Balaban J connectivity index is 2.07. The molecule has 16 heavy (non-hydrogen) atoms. The fraction of sp³-hybridized carbons (Fsp3) is 0.333. The summed E-state index contributed by atoms with van der Waals surface area (Å²) < 4.78 is 0. The lowest BCUT2D eigenvalue weighted by atomic mass is 10.0. The van der Waals surface area contributed by atoms with Crippen LogP contribution in [-0.4, -0.2) is 17.9 Å². The predicted octanol–water partition coefficient (Wildman–Crippen LogP) is 0.607. The second-order valence-electron chi connectivity index (χ2n) is 4.04. The van der Waals surface area contributed by atoms with Crippen molar-refractivity contribution in [2.45, 2.75) is 25.3 Å². The largest absolute Gasteiger partial charge is 0.366 e. The van der Waals surface area contributed by atoms with Crippen LogP contribution >= 0.6 is 0 Å². The molecule has 4 nitrogen and oxygen atoms in total. The van der Waals surface area contributed by atoms with E-state index in [4.69, 9.17) is 5.73 Å². The SMILES string of the molecule is NC(=O)c1ccccc1CC(=O)NC1CC1. The molecule has 4 heteroatoms. The minimum absolute atomic E-state index is 0.0452. The van der Waals surface area contributed by atoms with Crippen LogP contribution in [0.2, 0.25) is 0 Å². The van der Waals surface area contributed by atoms with Gasteiger partial charge in [0, 0.05) is 11.6 Å². The van der Waals surface area contributed by atoms with Gasteiger partial charge in [0.15, 0.2) is 0 Å². The summed E-state index contributed by atoms with van der Waals surface area (Å²) in [5, 5.41) is 2.88. The molecule has 1 aliphatic carbocycles. The molecule has 1 saturated carbocycles. The minimum atomic E-state index is -0.491. The quantitative estimate of drug-likeness (QED) is 0.777. The van der Waals surface area contributed by atoms with Crippen LogP contribution in [0.4, 0.5) is 0 Å². The molecular weight excluding hydrogens is 204 g/mol. The first kappa shape index (κ1) is 10.7. The van der Waals surface area contributed by atoms with Gasteiger partial charge in [0.1, 0.15) is 0 Å². The van der Waals surface area contributed by atoms with Crippen LogP contribution in [0.15, 0.2) is 24.3 Å². The summed E-state index contributed by atoms with van der Waals surface area (Å²) in [6.45, 7) is 0. The van der Waals surface area contributed by atoms with Crippen LogP contribution in [0.3, 0.4) is 0 Å². The highest BCUT2D eigenvalue weighted by Crippen LogP contribution is 2.19. The number of nitrogens with one attached hydrogen (secondary N) is 1. The maximum Gasteiger partial charge on any atom is 0.248 e. The lowest BCUT2D eigenvalue weighted by molar-refractivity contribution is -0.120. The molecule has 0 atom stereocenters. The number of carbonyl (C=O) groups excluding carboxylic acids is 2. The Morgan fingerprint density at radius 2 is 2.00 bits per heavy atom. The molecule has 0 bridgehead atoms. The first-order valence-electron chi connectivity index (χ1n) is 5.34. The van der Waals surface area contributed by atoms with E-state index in [-0.39, 0.29) is 12.3 Å². The number of hydrogen-bond donors (Lipinski definition) is 2. The first-order chi connectivity index (χ1) is 7.66. The van der Waals surface area contributed by atoms with Crippen molar-refractivity contribution >= 4 is 11.8 Å². The molecule has 0 aromatic heterocycles. The van der Waals surface area contributed by atoms with Crippen LogP contribution in [0.25, 0.3) is 0 Å². The standard InChI is InChI=1S/C12H14N2O2/c13-12(16)10-4-2-1-3-8(10)7-11(15)14-9-5-6-9/h1-4,9H,5-7H2,(H2,13,16)(H,14,15). The van der Waals surface area contributed by atoms with Crippen molar-refractivity contribution in [2.75, 3.05) is 0 Å². The number of rotatable bonds is 4. The maximum absolute atomic E-state index is 11.6. The normalized spacial score (nSPS) is 14.5. The molecule has 0 saturated heterocycles. The highest BCUT2D eigenvalue weighted by Gasteiger charge is 2.23. The van der Waals surface area contributed by atoms with Crippen molar-refractivity contribution in [1.29, 1.82) is 0 Å². The van der Waals surface area contributed by atoms with Crippen LogP contribution in [0.1, 0.15) is 28.8 Å². The van der Waals surface area contributed by atoms with Gasteiger partial charge in [-0.25, -0.2) is 0 Å². The second kappa shape index (κ2) is 4.35. The lowest BCUT2D eigenvalue weighted by Crippen LogP contribution is -2.28. The van der Waals surface area contributed by atoms with Gasteiger partial charge in [-0.15, -0.1) is 0 Å². The average Bonchev–Trinajstić information content (AvgIpc) is 3.02. The summed E-state index contributed by atoms with van der Waals surface area (Å²) in [4.78, 5) is 22.7. The third-order valence-corrected chi connectivity index (χ3v) is 2.58. The van der Waals surface area contributed by atoms with Gasteiger partial charge in [0.05, 0.1) is 6.42 Å². The summed E-state index contributed by atoms with van der Waals surface area (Å²) in [5.41, 5.74) is 6.35. The lowest BCUT2D eigenvalue weighted by Gasteiger charge is -2.06. The van der Waals surface area contributed by atoms with Crippen molar-refractivity contribution in [2.24, 2.45) is 5.73 Å². The molecule has 2 amide bonds. The second-order valence-corrected chi connectivity index (χ2v) is 4.04. The molecule has 3 N–H and O–H groups in total. The number of benzene rings is 1. The van der Waals surface area contributed by atoms with Crippen molar-refractivity contribution in [1.82, 2.24) is 5.32 Å². The number of nitrogens with two attached hydrogens (primary N) is 1. The van der Waals surface area contributed by atoms with Crippen LogP contribution in [0.5, 0.6) is 0 Å². The van der Waals surface area contributed by atoms with Crippen molar-refractivity contribution in [3.05, 3.63) is 35.4 Å². The first-order valence-corrected chi connectivity index (χ1v) is 5.34. The van der Waals surface area contributed by atoms with Gasteiger partial charge in [0.2, 0.25) is 11.8 Å². The Morgan fingerprint density at radius 3 is 2.62 bits per heavy atom. The van der Waals surface area contributed by atoms with Crippen LogP contribution in [-0.2, 0) is 11.2 Å². The van der Waals surface area contributed by atoms with E-state index in [1.165, 1.54) is 0 Å². The summed E-state index contributed by atoms with van der Waals surface area (Å²) in [6, 6.07) is 7.27. The van der Waals surface area contributed by atoms with E-state index < -0.39 is 5.91 Å². The molecule has 84 valence electrons. The highest BCUT2D eigenvalue weighted by molar-refractivity contribution is 5.95. The van der Waals surface area contributed by atoms with E-state index in [9.17, 15) is 9.59 Å². The van der Waals surface area contributed by atoms with Gasteiger partial charge in [-0.2, -0.15) is 0 Å². The summed E-state index contributed by atoms with van der Waals surface area (Å²) in [5.74, 6) is -0.536. The van der Waals surface area contributed by atoms with Crippen LogP contribution < -0.4 is 11.1 Å². The molecule has 0 heterocycles. The van der Waals surface area contributed by atoms with Crippen molar-refractivity contribution < 1.29 is 9.59 Å². The third-order valence-electron chi connectivity index (χ3n) is 2.58. The molecule has 0 radical (unpaired) electrons. The highest BCUT2D eigenvalue weighted by atomic mass is 16.2. The molecule has 1 aromatic rings. The fourth-order valence-electron chi connectivity index (χ4n) is 1.59. The van der Waals surface area contributed by atoms with Gasteiger partial charge in [0.25, 0.3) is 0 Å². The predicted molar refractivity (Wildman–Crippen MR) is 59.8 cm³/mol. The Morgan fingerprint density at radius 1 is 1.31 bits per heavy atom. The summed E-state index contributed by atoms with van der Waals surface area (Å²) in [7, 11) is 0. The summed E-state index contributed by atoms with van der Waals surface area (Å²) >= 11 is 0. The Kier molecular flexibility index (Phi) is 2.90.